The maximum atomic E-state index is 12.2. The SMILES string of the molecule is CCOC(=O)CC(=O)c1cccc(-n2ccc3ccccc32)c1. The summed E-state index contributed by atoms with van der Waals surface area (Å²) >= 11 is 0. The number of rotatable bonds is 5. The number of nitrogens with zero attached hydrogens (tertiary/aromatic N) is 1. The van der Waals surface area contributed by atoms with Crippen LogP contribution in [0.4, 0.5) is 0 Å². The van der Waals surface area contributed by atoms with Crippen molar-refractivity contribution in [2.75, 3.05) is 6.61 Å². The van der Waals surface area contributed by atoms with E-state index in [1.807, 2.05) is 53.2 Å². The molecule has 4 nitrogen and oxygen atoms in total. The first-order valence-corrected chi connectivity index (χ1v) is 7.54. The summed E-state index contributed by atoms with van der Waals surface area (Å²) in [6.45, 7) is 2.00. The van der Waals surface area contributed by atoms with Gasteiger partial charge in [-0.25, -0.2) is 0 Å². The van der Waals surface area contributed by atoms with Gasteiger partial charge in [0, 0.05) is 17.4 Å². The fourth-order valence-electron chi connectivity index (χ4n) is 2.58. The molecule has 0 amide bonds. The number of carbonyl (C=O) groups excluding carboxylic acids is 2. The van der Waals surface area contributed by atoms with E-state index in [9.17, 15) is 9.59 Å². The summed E-state index contributed by atoms with van der Waals surface area (Å²) in [7, 11) is 0. The highest BCUT2D eigenvalue weighted by Crippen LogP contribution is 2.21. The highest BCUT2D eigenvalue weighted by molar-refractivity contribution is 6.06. The molecule has 0 spiro atoms. The molecule has 0 unspecified atom stereocenters. The van der Waals surface area contributed by atoms with Crippen LogP contribution in [-0.4, -0.2) is 22.9 Å². The van der Waals surface area contributed by atoms with Crippen molar-refractivity contribution in [2.24, 2.45) is 0 Å². The number of para-hydroxylation sites is 1. The van der Waals surface area contributed by atoms with Crippen LogP contribution in [0.5, 0.6) is 0 Å². The lowest BCUT2D eigenvalue weighted by Gasteiger charge is -2.08. The lowest BCUT2D eigenvalue weighted by molar-refractivity contribution is -0.141. The van der Waals surface area contributed by atoms with Gasteiger partial charge in [0.05, 0.1) is 12.1 Å². The Morgan fingerprint density at radius 3 is 2.70 bits per heavy atom. The predicted octanol–water partition coefficient (Wildman–Crippen LogP) is 3.77. The minimum atomic E-state index is -0.491. The van der Waals surface area contributed by atoms with Crippen LogP contribution in [0.2, 0.25) is 0 Å². The van der Waals surface area contributed by atoms with Crippen molar-refractivity contribution in [1.82, 2.24) is 4.57 Å². The number of carbonyl (C=O) groups is 2. The van der Waals surface area contributed by atoms with Gasteiger partial charge in [0.1, 0.15) is 6.42 Å². The fraction of sp³-hybridized carbons (Fsp3) is 0.158. The summed E-state index contributed by atoms with van der Waals surface area (Å²) in [5.41, 5.74) is 2.47. The zero-order valence-corrected chi connectivity index (χ0v) is 12.9. The van der Waals surface area contributed by atoms with Crippen LogP contribution in [0.25, 0.3) is 16.6 Å². The molecule has 1 aromatic heterocycles. The average molecular weight is 307 g/mol. The number of benzene rings is 2. The largest absolute Gasteiger partial charge is 0.466 e. The number of ether oxygens (including phenoxy) is 1. The molecule has 0 radical (unpaired) electrons. The first kappa shape index (κ1) is 15.0. The molecule has 4 heteroatoms. The van der Waals surface area contributed by atoms with Gasteiger partial charge in [-0.3, -0.25) is 9.59 Å². The number of ketones is 1. The molecule has 3 rings (SSSR count). The molecule has 0 bridgehead atoms. The van der Waals surface area contributed by atoms with E-state index in [2.05, 4.69) is 0 Å². The van der Waals surface area contributed by atoms with E-state index >= 15 is 0 Å². The summed E-state index contributed by atoms with van der Waals surface area (Å²) in [5, 5.41) is 1.13. The topological polar surface area (TPSA) is 48.3 Å². The highest BCUT2D eigenvalue weighted by atomic mass is 16.5. The smallest absolute Gasteiger partial charge is 0.313 e. The number of hydrogen-bond donors (Lipinski definition) is 0. The lowest BCUT2D eigenvalue weighted by atomic mass is 10.1. The van der Waals surface area contributed by atoms with Crippen LogP contribution in [0.15, 0.2) is 60.8 Å². The van der Waals surface area contributed by atoms with E-state index in [0.717, 1.165) is 16.6 Å². The van der Waals surface area contributed by atoms with Crippen LogP contribution in [0.1, 0.15) is 23.7 Å². The number of hydrogen-bond acceptors (Lipinski definition) is 3. The molecular weight excluding hydrogens is 290 g/mol. The third kappa shape index (κ3) is 3.16. The Morgan fingerprint density at radius 1 is 1.04 bits per heavy atom. The summed E-state index contributed by atoms with van der Waals surface area (Å²) in [6, 6.07) is 17.4. The van der Waals surface area contributed by atoms with E-state index in [1.54, 1.807) is 19.1 Å². The zero-order chi connectivity index (χ0) is 16.2. The monoisotopic (exact) mass is 307 g/mol. The third-order valence-corrected chi connectivity index (χ3v) is 3.66. The normalized spacial score (nSPS) is 10.7. The zero-order valence-electron chi connectivity index (χ0n) is 12.9. The van der Waals surface area contributed by atoms with Crippen molar-refractivity contribution in [3.8, 4) is 5.69 Å². The molecular formula is C19H17NO3. The highest BCUT2D eigenvalue weighted by Gasteiger charge is 2.13. The van der Waals surface area contributed by atoms with Crippen molar-refractivity contribution in [1.29, 1.82) is 0 Å². The molecule has 116 valence electrons. The third-order valence-electron chi connectivity index (χ3n) is 3.66. The molecule has 0 aliphatic carbocycles. The number of Topliss-reactive ketones (excluding diaryl/α,β-unsaturated/α-hetero) is 1. The second-order valence-electron chi connectivity index (χ2n) is 5.20. The van der Waals surface area contributed by atoms with Crippen molar-refractivity contribution in [3.63, 3.8) is 0 Å². The molecule has 1 heterocycles. The first-order valence-electron chi connectivity index (χ1n) is 7.54. The fourth-order valence-corrected chi connectivity index (χ4v) is 2.58. The molecule has 0 saturated heterocycles. The molecule has 0 aliphatic heterocycles. The van der Waals surface area contributed by atoms with E-state index < -0.39 is 5.97 Å². The van der Waals surface area contributed by atoms with Crippen LogP contribution in [0, 0.1) is 0 Å². The van der Waals surface area contributed by atoms with E-state index in [4.69, 9.17) is 4.74 Å². The van der Waals surface area contributed by atoms with Crippen LogP contribution >= 0.6 is 0 Å². The molecule has 0 aliphatic rings. The Kier molecular flexibility index (Phi) is 4.24. The maximum absolute atomic E-state index is 12.2. The van der Waals surface area contributed by atoms with Gasteiger partial charge in [0.2, 0.25) is 0 Å². The van der Waals surface area contributed by atoms with Crippen LogP contribution in [-0.2, 0) is 9.53 Å². The molecule has 0 fully saturated rings. The Morgan fingerprint density at radius 2 is 1.87 bits per heavy atom. The predicted molar refractivity (Wildman–Crippen MR) is 88.9 cm³/mol. The van der Waals surface area contributed by atoms with Crippen molar-refractivity contribution in [3.05, 3.63) is 66.4 Å². The van der Waals surface area contributed by atoms with Gasteiger partial charge in [0.25, 0.3) is 0 Å². The van der Waals surface area contributed by atoms with Gasteiger partial charge in [-0.1, -0.05) is 30.3 Å². The van der Waals surface area contributed by atoms with Crippen molar-refractivity contribution < 1.29 is 14.3 Å². The second-order valence-corrected chi connectivity index (χ2v) is 5.20. The summed E-state index contributed by atoms with van der Waals surface area (Å²) in [6.07, 6.45) is 1.74. The molecule has 0 atom stereocenters. The maximum Gasteiger partial charge on any atom is 0.313 e. The Hall–Kier alpha value is -2.88. The Labute approximate surface area is 134 Å². The Bertz CT molecular complexity index is 864. The number of esters is 1. The summed E-state index contributed by atoms with van der Waals surface area (Å²) in [5.74, 6) is -0.726. The second kappa shape index (κ2) is 6.48. The quantitative estimate of drug-likeness (QED) is 0.409. The molecule has 2 aromatic carbocycles. The van der Waals surface area contributed by atoms with Gasteiger partial charge < -0.3 is 9.30 Å². The summed E-state index contributed by atoms with van der Waals surface area (Å²) < 4.78 is 6.85. The number of aromatic nitrogens is 1. The van der Waals surface area contributed by atoms with Crippen molar-refractivity contribution in [2.45, 2.75) is 13.3 Å². The molecule has 3 aromatic rings. The van der Waals surface area contributed by atoms with E-state index in [0.29, 0.717) is 5.56 Å². The average Bonchev–Trinajstić information content (AvgIpc) is 2.99. The molecule has 0 saturated carbocycles. The van der Waals surface area contributed by atoms with Crippen molar-refractivity contribution >= 4 is 22.7 Å². The number of fused-ring (bicyclic) bond motifs is 1. The van der Waals surface area contributed by atoms with Gasteiger partial charge in [-0.05, 0) is 36.6 Å². The van der Waals surface area contributed by atoms with Gasteiger partial charge in [0.15, 0.2) is 5.78 Å². The molecule has 23 heavy (non-hydrogen) atoms. The minimum Gasteiger partial charge on any atom is -0.466 e. The summed E-state index contributed by atoms with van der Waals surface area (Å²) in [4.78, 5) is 23.7. The van der Waals surface area contributed by atoms with E-state index in [-0.39, 0.29) is 18.8 Å². The minimum absolute atomic E-state index is 0.232. The van der Waals surface area contributed by atoms with Gasteiger partial charge >= 0.3 is 5.97 Å². The van der Waals surface area contributed by atoms with Crippen LogP contribution < -0.4 is 0 Å². The first-order chi connectivity index (χ1) is 11.2. The van der Waals surface area contributed by atoms with Crippen LogP contribution in [0.3, 0.4) is 0 Å². The van der Waals surface area contributed by atoms with E-state index in [1.165, 1.54) is 0 Å². The Balaban J connectivity index is 1.91. The lowest BCUT2D eigenvalue weighted by Crippen LogP contribution is -2.11. The van der Waals surface area contributed by atoms with Gasteiger partial charge in [-0.15, -0.1) is 0 Å². The molecule has 0 N–H and O–H groups in total. The standard InChI is InChI=1S/C19H17NO3/c1-2-23-19(22)13-18(21)15-7-5-8-16(12-15)20-11-10-14-6-3-4-9-17(14)20/h3-12H,2,13H2,1H3. The van der Waals surface area contributed by atoms with Gasteiger partial charge in [-0.2, -0.15) is 0 Å².